The van der Waals surface area contributed by atoms with Crippen LogP contribution in [0.1, 0.15) is 11.3 Å². The van der Waals surface area contributed by atoms with Gasteiger partial charge in [-0.15, -0.1) is 0 Å². The van der Waals surface area contributed by atoms with Crippen LogP contribution in [-0.4, -0.2) is 9.97 Å². The lowest BCUT2D eigenvalue weighted by molar-refractivity contribution is 1.03. The van der Waals surface area contributed by atoms with Crippen LogP contribution in [-0.2, 0) is 0 Å². The molecule has 16 heavy (non-hydrogen) atoms. The third kappa shape index (κ3) is 1.99. The summed E-state index contributed by atoms with van der Waals surface area (Å²) < 4.78 is 0. The normalized spacial score (nSPS) is 10.4. The zero-order valence-electron chi connectivity index (χ0n) is 9.04. The Labute approximate surface area is 98.1 Å². The van der Waals surface area contributed by atoms with Crippen molar-refractivity contribution in [1.82, 2.24) is 9.97 Å². The first-order valence-corrected chi connectivity index (χ1v) is 5.29. The van der Waals surface area contributed by atoms with E-state index >= 15 is 0 Å². The van der Waals surface area contributed by atoms with Gasteiger partial charge in [-0.25, -0.2) is 4.98 Å². The van der Waals surface area contributed by atoms with Gasteiger partial charge < -0.3 is 4.98 Å². The van der Waals surface area contributed by atoms with Gasteiger partial charge in [-0.3, -0.25) is 4.79 Å². The van der Waals surface area contributed by atoms with Gasteiger partial charge in [0.2, 0.25) is 0 Å². The molecule has 0 fully saturated rings. The zero-order valence-corrected chi connectivity index (χ0v) is 9.80. The number of aryl methyl sites for hydroxylation is 1. The number of H-pyrrole nitrogens is 1. The monoisotopic (exact) mass is 234 g/mol. The number of halogens is 1. The van der Waals surface area contributed by atoms with Gasteiger partial charge in [0.05, 0.1) is 0 Å². The Morgan fingerprint density at radius 2 is 1.81 bits per heavy atom. The third-order valence-corrected chi connectivity index (χ3v) is 2.76. The van der Waals surface area contributed by atoms with Crippen LogP contribution in [0.5, 0.6) is 0 Å². The Kier molecular flexibility index (Phi) is 2.79. The molecular weight excluding hydrogens is 224 g/mol. The highest BCUT2D eigenvalue weighted by Gasteiger charge is 2.05. The summed E-state index contributed by atoms with van der Waals surface area (Å²) in [4.78, 5) is 18.7. The second-order valence-electron chi connectivity index (χ2n) is 3.63. The van der Waals surface area contributed by atoms with Crippen LogP contribution in [0.25, 0.3) is 11.4 Å². The van der Waals surface area contributed by atoms with E-state index in [0.717, 1.165) is 11.3 Å². The number of hydrogen-bond donors (Lipinski definition) is 1. The quantitative estimate of drug-likeness (QED) is 0.825. The SMILES string of the molecule is Cc1nc(-c2ccc(Cl)cc2)[nH]c(=O)c1C. The fraction of sp³-hybridized carbons (Fsp3) is 0.167. The van der Waals surface area contributed by atoms with Crippen molar-refractivity contribution in [1.29, 1.82) is 0 Å². The Bertz CT molecular complexity index is 573. The molecule has 0 radical (unpaired) electrons. The Balaban J connectivity index is 2.57. The van der Waals surface area contributed by atoms with Crippen molar-refractivity contribution >= 4 is 11.6 Å². The van der Waals surface area contributed by atoms with Gasteiger partial charge in [0.1, 0.15) is 5.82 Å². The average Bonchev–Trinajstić information content (AvgIpc) is 2.26. The van der Waals surface area contributed by atoms with Crippen molar-refractivity contribution in [2.45, 2.75) is 13.8 Å². The average molecular weight is 235 g/mol. The molecule has 0 bridgehead atoms. The summed E-state index contributed by atoms with van der Waals surface area (Å²) in [6.07, 6.45) is 0. The minimum absolute atomic E-state index is 0.0996. The molecule has 0 atom stereocenters. The molecule has 0 saturated carbocycles. The fourth-order valence-electron chi connectivity index (χ4n) is 1.39. The third-order valence-electron chi connectivity index (χ3n) is 2.51. The predicted octanol–water partition coefficient (Wildman–Crippen LogP) is 2.71. The maximum Gasteiger partial charge on any atom is 0.254 e. The summed E-state index contributed by atoms with van der Waals surface area (Å²) in [6, 6.07) is 7.20. The van der Waals surface area contributed by atoms with Gasteiger partial charge in [-0.1, -0.05) is 11.6 Å². The van der Waals surface area contributed by atoms with Crippen LogP contribution in [0.2, 0.25) is 5.02 Å². The van der Waals surface area contributed by atoms with Gasteiger partial charge in [-0.2, -0.15) is 0 Å². The Morgan fingerprint density at radius 1 is 1.19 bits per heavy atom. The van der Waals surface area contributed by atoms with E-state index in [1.54, 1.807) is 19.1 Å². The van der Waals surface area contributed by atoms with Crippen LogP contribution in [0.4, 0.5) is 0 Å². The van der Waals surface area contributed by atoms with E-state index in [1.165, 1.54) is 0 Å². The first-order chi connectivity index (χ1) is 7.58. The van der Waals surface area contributed by atoms with Crippen LogP contribution in [0.3, 0.4) is 0 Å². The van der Waals surface area contributed by atoms with Crippen molar-refractivity contribution in [2.75, 3.05) is 0 Å². The summed E-state index contributed by atoms with van der Waals surface area (Å²) in [6.45, 7) is 3.58. The summed E-state index contributed by atoms with van der Waals surface area (Å²) in [5.74, 6) is 0.574. The molecule has 1 heterocycles. The van der Waals surface area contributed by atoms with Crippen molar-refractivity contribution in [3.63, 3.8) is 0 Å². The number of benzene rings is 1. The minimum Gasteiger partial charge on any atom is -0.306 e. The molecule has 2 rings (SSSR count). The van der Waals surface area contributed by atoms with Crippen LogP contribution in [0.15, 0.2) is 29.1 Å². The zero-order chi connectivity index (χ0) is 11.7. The summed E-state index contributed by atoms with van der Waals surface area (Å²) in [5.41, 5.74) is 2.15. The highest BCUT2D eigenvalue weighted by atomic mass is 35.5. The maximum atomic E-state index is 11.6. The highest BCUT2D eigenvalue weighted by Crippen LogP contribution is 2.17. The topological polar surface area (TPSA) is 45.8 Å². The molecule has 82 valence electrons. The molecule has 0 unspecified atom stereocenters. The van der Waals surface area contributed by atoms with Gasteiger partial charge >= 0.3 is 0 Å². The summed E-state index contributed by atoms with van der Waals surface area (Å²) in [7, 11) is 0. The Morgan fingerprint density at radius 3 is 2.38 bits per heavy atom. The molecule has 2 aromatic rings. The van der Waals surface area contributed by atoms with Crippen molar-refractivity contribution in [3.8, 4) is 11.4 Å². The van der Waals surface area contributed by atoms with Crippen molar-refractivity contribution < 1.29 is 0 Å². The second-order valence-corrected chi connectivity index (χ2v) is 4.07. The molecule has 1 aromatic carbocycles. The second kappa shape index (κ2) is 4.10. The molecule has 1 aromatic heterocycles. The number of rotatable bonds is 1. The first-order valence-electron chi connectivity index (χ1n) is 4.91. The Hall–Kier alpha value is -1.61. The lowest BCUT2D eigenvalue weighted by Gasteiger charge is -2.04. The smallest absolute Gasteiger partial charge is 0.254 e. The molecule has 0 saturated heterocycles. The lowest BCUT2D eigenvalue weighted by Crippen LogP contribution is -2.14. The number of hydrogen-bond acceptors (Lipinski definition) is 2. The van der Waals surface area contributed by atoms with E-state index in [4.69, 9.17) is 11.6 Å². The van der Waals surface area contributed by atoms with Gasteiger partial charge in [0, 0.05) is 21.8 Å². The number of nitrogens with zero attached hydrogens (tertiary/aromatic N) is 1. The van der Waals surface area contributed by atoms with Crippen molar-refractivity contribution in [2.24, 2.45) is 0 Å². The van der Waals surface area contributed by atoms with Crippen LogP contribution >= 0.6 is 11.6 Å². The van der Waals surface area contributed by atoms with E-state index in [2.05, 4.69) is 9.97 Å². The summed E-state index contributed by atoms with van der Waals surface area (Å²) in [5, 5.41) is 0.662. The molecule has 0 aliphatic heterocycles. The molecule has 0 spiro atoms. The van der Waals surface area contributed by atoms with Gasteiger partial charge in [-0.05, 0) is 38.1 Å². The molecular formula is C12H11ClN2O. The molecule has 4 heteroatoms. The van der Waals surface area contributed by atoms with Crippen LogP contribution in [0, 0.1) is 13.8 Å². The molecule has 1 N–H and O–H groups in total. The minimum atomic E-state index is -0.0996. The van der Waals surface area contributed by atoms with E-state index < -0.39 is 0 Å². The van der Waals surface area contributed by atoms with E-state index in [1.807, 2.05) is 19.1 Å². The maximum absolute atomic E-state index is 11.6. The molecule has 0 aliphatic rings. The molecule has 3 nitrogen and oxygen atoms in total. The van der Waals surface area contributed by atoms with Crippen LogP contribution < -0.4 is 5.56 Å². The lowest BCUT2D eigenvalue weighted by atomic mass is 10.2. The van der Waals surface area contributed by atoms with E-state index in [9.17, 15) is 4.79 Å². The molecule has 0 amide bonds. The standard InChI is InChI=1S/C12H11ClN2O/c1-7-8(2)14-11(15-12(7)16)9-3-5-10(13)6-4-9/h3-6H,1-2H3,(H,14,15,16). The van der Waals surface area contributed by atoms with E-state index in [-0.39, 0.29) is 5.56 Å². The number of nitrogens with one attached hydrogen (secondary N) is 1. The van der Waals surface area contributed by atoms with E-state index in [0.29, 0.717) is 16.4 Å². The number of aromatic amines is 1. The van der Waals surface area contributed by atoms with Crippen molar-refractivity contribution in [3.05, 3.63) is 50.9 Å². The first kappa shape index (κ1) is 10.9. The van der Waals surface area contributed by atoms with Gasteiger partial charge in [0.25, 0.3) is 5.56 Å². The summed E-state index contributed by atoms with van der Waals surface area (Å²) >= 11 is 5.79. The number of aromatic nitrogens is 2. The van der Waals surface area contributed by atoms with Gasteiger partial charge in [0.15, 0.2) is 0 Å². The molecule has 0 aliphatic carbocycles. The predicted molar refractivity (Wildman–Crippen MR) is 64.8 cm³/mol. The largest absolute Gasteiger partial charge is 0.306 e. The fourth-order valence-corrected chi connectivity index (χ4v) is 1.52. The highest BCUT2D eigenvalue weighted by molar-refractivity contribution is 6.30.